The number of carbonyl (C=O) groups excluding carboxylic acids is 1. The second kappa shape index (κ2) is 3.85. The molecule has 1 N–H and O–H groups in total. The van der Waals surface area contributed by atoms with Crippen LogP contribution >= 0.6 is 7.75 Å². The van der Waals surface area contributed by atoms with Gasteiger partial charge >= 0.3 is 7.75 Å². The molecule has 80 valence electrons. The molecule has 5 nitrogen and oxygen atoms in total. The molecular formula is C8H14NO4P. The van der Waals surface area contributed by atoms with Gasteiger partial charge < -0.3 is 0 Å². The molecule has 14 heavy (non-hydrogen) atoms. The van der Waals surface area contributed by atoms with Gasteiger partial charge in [0.25, 0.3) is 5.91 Å². The molecule has 0 aromatic rings. The van der Waals surface area contributed by atoms with E-state index in [9.17, 15) is 9.36 Å². The number of carbonyl (C=O) groups is 1. The van der Waals surface area contributed by atoms with Crippen LogP contribution in [0.4, 0.5) is 0 Å². The van der Waals surface area contributed by atoms with Gasteiger partial charge in [0, 0.05) is 5.41 Å². The smallest absolute Gasteiger partial charge is 0.292 e. The first-order chi connectivity index (χ1) is 6.37. The Morgan fingerprint density at radius 1 is 1.50 bits per heavy atom. The largest absolute Gasteiger partial charge is 0.435 e. The van der Waals surface area contributed by atoms with E-state index in [0.29, 0.717) is 13.2 Å². The Kier molecular flexibility index (Phi) is 3.14. The predicted molar refractivity (Wildman–Crippen MR) is 51.6 cm³/mol. The predicted octanol–water partition coefficient (Wildman–Crippen LogP) is 1.47. The molecule has 0 aliphatic carbocycles. The van der Waals surface area contributed by atoms with Crippen molar-refractivity contribution in [3.05, 3.63) is 12.7 Å². The zero-order valence-electron chi connectivity index (χ0n) is 8.28. The molecule has 0 saturated carbocycles. The lowest BCUT2D eigenvalue weighted by molar-refractivity contribution is -0.115. The van der Waals surface area contributed by atoms with Gasteiger partial charge in [-0.05, 0) is 6.08 Å². The highest BCUT2D eigenvalue weighted by Gasteiger charge is 2.37. The van der Waals surface area contributed by atoms with Crippen molar-refractivity contribution in [2.75, 3.05) is 13.2 Å². The first-order valence-corrected chi connectivity index (χ1v) is 5.75. The monoisotopic (exact) mass is 219 g/mol. The Morgan fingerprint density at radius 2 is 2.00 bits per heavy atom. The standard InChI is InChI=1S/C8H14NO4P/c1-4-7(10)9-14(11)12-5-8(2,3)6-13-14/h4H,1,5-6H2,2-3H3,(H,9,10,11). The minimum Gasteiger partial charge on any atom is -0.292 e. The number of rotatable bonds is 2. The van der Waals surface area contributed by atoms with E-state index in [-0.39, 0.29) is 5.41 Å². The molecule has 0 unspecified atom stereocenters. The van der Waals surface area contributed by atoms with Crippen LogP contribution in [0.2, 0.25) is 0 Å². The van der Waals surface area contributed by atoms with E-state index in [2.05, 4.69) is 11.7 Å². The van der Waals surface area contributed by atoms with Crippen molar-refractivity contribution in [1.29, 1.82) is 0 Å². The third kappa shape index (κ3) is 2.94. The van der Waals surface area contributed by atoms with Gasteiger partial charge in [-0.2, -0.15) is 0 Å². The lowest BCUT2D eigenvalue weighted by atomic mass is 9.97. The SMILES string of the molecule is C=CC(=O)NP1(=O)OCC(C)(C)CO1. The normalized spacial score (nSPS) is 23.9. The second-order valence-electron chi connectivity index (χ2n) is 3.89. The number of amides is 1. The number of nitrogens with one attached hydrogen (secondary N) is 1. The van der Waals surface area contributed by atoms with Gasteiger partial charge in [-0.25, -0.2) is 4.57 Å². The number of hydrogen-bond donors (Lipinski definition) is 1. The van der Waals surface area contributed by atoms with E-state index in [1.165, 1.54) is 0 Å². The maximum atomic E-state index is 11.7. The summed E-state index contributed by atoms with van der Waals surface area (Å²) in [5.41, 5.74) is -0.174. The van der Waals surface area contributed by atoms with Gasteiger partial charge in [0.2, 0.25) is 0 Å². The highest BCUT2D eigenvalue weighted by molar-refractivity contribution is 7.52. The van der Waals surface area contributed by atoms with Crippen molar-refractivity contribution < 1.29 is 18.4 Å². The van der Waals surface area contributed by atoms with Gasteiger partial charge in [-0.15, -0.1) is 0 Å². The molecule has 1 saturated heterocycles. The quantitative estimate of drug-likeness (QED) is 0.564. The fraction of sp³-hybridized carbons (Fsp3) is 0.625. The molecule has 1 rings (SSSR count). The minimum absolute atomic E-state index is 0.174. The number of hydrogen-bond acceptors (Lipinski definition) is 4. The third-order valence-corrected chi connectivity index (χ3v) is 3.12. The maximum absolute atomic E-state index is 11.7. The van der Waals surface area contributed by atoms with Crippen LogP contribution < -0.4 is 5.09 Å². The van der Waals surface area contributed by atoms with Crippen LogP contribution in [0.15, 0.2) is 12.7 Å². The molecule has 1 aliphatic rings. The van der Waals surface area contributed by atoms with E-state index in [1.54, 1.807) is 0 Å². The van der Waals surface area contributed by atoms with Gasteiger partial charge in [0.1, 0.15) is 0 Å². The molecule has 0 spiro atoms. The summed E-state index contributed by atoms with van der Waals surface area (Å²) >= 11 is 0. The minimum atomic E-state index is -3.44. The molecule has 0 aromatic carbocycles. The van der Waals surface area contributed by atoms with Crippen molar-refractivity contribution in [3.63, 3.8) is 0 Å². The maximum Gasteiger partial charge on any atom is 0.435 e. The van der Waals surface area contributed by atoms with E-state index >= 15 is 0 Å². The fourth-order valence-electron chi connectivity index (χ4n) is 0.844. The van der Waals surface area contributed by atoms with E-state index in [4.69, 9.17) is 9.05 Å². The van der Waals surface area contributed by atoms with Crippen LogP contribution in [0.5, 0.6) is 0 Å². The Morgan fingerprint density at radius 3 is 2.43 bits per heavy atom. The topological polar surface area (TPSA) is 64.6 Å². The summed E-state index contributed by atoms with van der Waals surface area (Å²) in [7, 11) is -3.44. The summed E-state index contributed by atoms with van der Waals surface area (Å²) in [5, 5.41) is 2.14. The molecular weight excluding hydrogens is 205 g/mol. The summed E-state index contributed by atoms with van der Waals surface area (Å²) in [6.45, 7) is 7.67. The van der Waals surface area contributed by atoms with Gasteiger partial charge in [0.15, 0.2) is 0 Å². The van der Waals surface area contributed by atoms with Crippen molar-refractivity contribution in [2.24, 2.45) is 5.41 Å². The van der Waals surface area contributed by atoms with Crippen LogP contribution in [0, 0.1) is 5.41 Å². The average molecular weight is 219 g/mol. The van der Waals surface area contributed by atoms with E-state index in [1.807, 2.05) is 13.8 Å². The molecule has 0 bridgehead atoms. The lowest BCUT2D eigenvalue weighted by Gasteiger charge is -2.33. The second-order valence-corrected chi connectivity index (χ2v) is 5.62. The van der Waals surface area contributed by atoms with Crippen LogP contribution in [0.1, 0.15) is 13.8 Å². The van der Waals surface area contributed by atoms with Crippen LogP contribution in [0.3, 0.4) is 0 Å². The van der Waals surface area contributed by atoms with Crippen LogP contribution in [-0.2, 0) is 18.4 Å². The van der Waals surface area contributed by atoms with Crippen LogP contribution in [-0.4, -0.2) is 19.1 Å². The lowest BCUT2D eigenvalue weighted by Crippen LogP contribution is -2.34. The van der Waals surface area contributed by atoms with Crippen molar-refractivity contribution in [2.45, 2.75) is 13.8 Å². The highest BCUT2D eigenvalue weighted by atomic mass is 31.2. The van der Waals surface area contributed by atoms with E-state index < -0.39 is 13.7 Å². The Bertz CT molecular complexity index is 286. The molecule has 1 fully saturated rings. The first kappa shape index (κ1) is 11.4. The summed E-state index contributed by atoms with van der Waals surface area (Å²) in [6, 6.07) is 0. The molecule has 0 radical (unpaired) electrons. The third-order valence-electron chi connectivity index (χ3n) is 1.68. The molecule has 1 aliphatic heterocycles. The van der Waals surface area contributed by atoms with Gasteiger partial charge in [-0.3, -0.25) is 18.9 Å². The molecule has 0 atom stereocenters. The fourth-order valence-corrected chi connectivity index (χ4v) is 2.45. The molecule has 1 amide bonds. The summed E-state index contributed by atoms with van der Waals surface area (Å²) in [6.07, 6.45) is 1.02. The Labute approximate surface area is 83.1 Å². The summed E-state index contributed by atoms with van der Waals surface area (Å²) < 4.78 is 21.7. The Balaban J connectivity index is 2.58. The average Bonchev–Trinajstić information content (AvgIpc) is 2.11. The van der Waals surface area contributed by atoms with Crippen LogP contribution in [0.25, 0.3) is 0 Å². The summed E-state index contributed by atoms with van der Waals surface area (Å²) in [5.74, 6) is -0.562. The van der Waals surface area contributed by atoms with Gasteiger partial charge in [-0.1, -0.05) is 20.4 Å². The van der Waals surface area contributed by atoms with Crippen molar-refractivity contribution in [1.82, 2.24) is 5.09 Å². The van der Waals surface area contributed by atoms with Crippen molar-refractivity contribution >= 4 is 13.7 Å². The zero-order valence-corrected chi connectivity index (χ0v) is 9.17. The molecule has 1 heterocycles. The van der Waals surface area contributed by atoms with E-state index in [0.717, 1.165) is 6.08 Å². The first-order valence-electron chi connectivity index (χ1n) is 4.21. The zero-order chi connectivity index (χ0) is 10.8. The Hall–Kier alpha value is -0.640. The highest BCUT2D eigenvalue weighted by Crippen LogP contribution is 2.49. The van der Waals surface area contributed by atoms with Crippen molar-refractivity contribution in [3.8, 4) is 0 Å². The summed E-state index contributed by atoms with van der Waals surface area (Å²) in [4.78, 5) is 10.9. The molecule has 6 heteroatoms. The van der Waals surface area contributed by atoms with Gasteiger partial charge in [0.05, 0.1) is 13.2 Å². The molecule has 0 aromatic heterocycles.